The lowest BCUT2D eigenvalue weighted by Gasteiger charge is -2.04. The van der Waals surface area contributed by atoms with Gasteiger partial charge in [0, 0.05) is 4.47 Å². The van der Waals surface area contributed by atoms with Gasteiger partial charge in [0.05, 0.1) is 21.6 Å². The van der Waals surface area contributed by atoms with Crippen LogP contribution < -0.4 is 10.1 Å². The van der Waals surface area contributed by atoms with E-state index in [1.165, 1.54) is 11.8 Å². The third kappa shape index (κ3) is 4.76. The molecule has 0 unspecified atom stereocenters. The number of benzene rings is 3. The number of hydrogen-bond donors (Lipinski definition) is 2. The Bertz CT molecular complexity index is 1310. The average molecular weight is 505 g/mol. The number of carbonyl (C=O) groups is 1. The van der Waals surface area contributed by atoms with Crippen LogP contribution in [0.1, 0.15) is 11.4 Å². The smallest absolute Gasteiger partial charge is 0.264 e. The van der Waals surface area contributed by atoms with Crippen molar-refractivity contribution in [3.05, 3.63) is 93.6 Å². The molecule has 0 atom stereocenters. The molecule has 1 amide bonds. The van der Waals surface area contributed by atoms with Crippen LogP contribution >= 0.6 is 27.7 Å². The van der Waals surface area contributed by atoms with E-state index >= 15 is 0 Å². The van der Waals surface area contributed by atoms with Crippen molar-refractivity contribution in [3.63, 3.8) is 0 Å². The zero-order valence-corrected chi connectivity index (χ0v) is 19.1. The highest BCUT2D eigenvalue weighted by molar-refractivity contribution is 9.10. The fraction of sp³-hybridized carbons (Fsp3) is 0.0417. The molecule has 1 aromatic heterocycles. The molecule has 6 nitrogen and oxygen atoms in total. The van der Waals surface area contributed by atoms with E-state index < -0.39 is 0 Å². The predicted octanol–water partition coefficient (Wildman–Crippen LogP) is 5.80. The standard InChI is InChI=1S/C24H17BrN4O2S/c25-16-7-9-17(10-8-16)26-24-29-23(30)21(32-24)13-15-5-11-18(12-6-15)31-14-22-27-19-3-1-2-4-20(19)28-22/h1-13H,14H2,(H,27,28)(H,26,29,30)/b21-13-. The van der Waals surface area contributed by atoms with Gasteiger partial charge in [-0.15, -0.1) is 0 Å². The number of fused-ring (bicyclic) bond motifs is 1. The number of hydrogen-bond acceptors (Lipinski definition) is 5. The molecule has 0 bridgehead atoms. The molecular formula is C24H17BrN4O2S. The van der Waals surface area contributed by atoms with Crippen LogP contribution in [0, 0.1) is 0 Å². The molecule has 0 saturated carbocycles. The van der Waals surface area contributed by atoms with E-state index in [-0.39, 0.29) is 5.91 Å². The summed E-state index contributed by atoms with van der Waals surface area (Å²) in [6, 6.07) is 23.1. The summed E-state index contributed by atoms with van der Waals surface area (Å²) < 4.78 is 6.82. The molecule has 158 valence electrons. The summed E-state index contributed by atoms with van der Waals surface area (Å²) in [6.07, 6.45) is 1.84. The number of H-pyrrole nitrogens is 1. The first-order chi connectivity index (χ1) is 15.6. The Kier molecular flexibility index (Phi) is 5.79. The summed E-state index contributed by atoms with van der Waals surface area (Å²) in [5.74, 6) is 1.35. The van der Waals surface area contributed by atoms with Crippen molar-refractivity contribution in [2.24, 2.45) is 4.99 Å². The van der Waals surface area contributed by atoms with Crippen molar-refractivity contribution in [1.82, 2.24) is 15.3 Å². The quantitative estimate of drug-likeness (QED) is 0.336. The molecule has 0 spiro atoms. The van der Waals surface area contributed by atoms with Crippen LogP contribution in [0.5, 0.6) is 5.75 Å². The van der Waals surface area contributed by atoms with Crippen molar-refractivity contribution in [1.29, 1.82) is 0 Å². The number of para-hydroxylation sites is 2. The monoisotopic (exact) mass is 504 g/mol. The van der Waals surface area contributed by atoms with E-state index in [2.05, 4.69) is 36.2 Å². The predicted molar refractivity (Wildman–Crippen MR) is 132 cm³/mol. The molecule has 2 heterocycles. The maximum atomic E-state index is 12.3. The SMILES string of the molecule is O=C1NC(=Nc2ccc(Br)cc2)S/C1=C\c1ccc(OCc2nc3ccccc3[nH]2)cc1. The van der Waals surface area contributed by atoms with Crippen LogP contribution in [-0.2, 0) is 11.4 Å². The molecule has 32 heavy (non-hydrogen) atoms. The van der Waals surface area contributed by atoms with Gasteiger partial charge in [0.15, 0.2) is 5.17 Å². The lowest BCUT2D eigenvalue weighted by atomic mass is 10.2. The highest BCUT2D eigenvalue weighted by Gasteiger charge is 2.23. The number of imidazole rings is 1. The number of amides is 1. The summed E-state index contributed by atoms with van der Waals surface area (Å²) >= 11 is 4.72. The number of nitrogens with one attached hydrogen (secondary N) is 2. The highest BCUT2D eigenvalue weighted by atomic mass is 79.9. The Morgan fingerprint density at radius 3 is 2.59 bits per heavy atom. The van der Waals surface area contributed by atoms with Gasteiger partial charge < -0.3 is 15.0 Å². The lowest BCUT2D eigenvalue weighted by molar-refractivity contribution is -0.115. The van der Waals surface area contributed by atoms with Gasteiger partial charge in [-0.1, -0.05) is 40.2 Å². The minimum absolute atomic E-state index is 0.156. The summed E-state index contributed by atoms with van der Waals surface area (Å²) in [5.41, 5.74) is 3.60. The average Bonchev–Trinajstić information content (AvgIpc) is 3.37. The molecule has 1 aliphatic heterocycles. The summed E-state index contributed by atoms with van der Waals surface area (Å²) in [5, 5.41) is 3.37. The van der Waals surface area contributed by atoms with Crippen LogP contribution in [-0.4, -0.2) is 21.0 Å². The molecule has 5 rings (SSSR count). The van der Waals surface area contributed by atoms with E-state index in [9.17, 15) is 4.79 Å². The van der Waals surface area contributed by atoms with Gasteiger partial charge in [-0.05, 0) is 71.9 Å². The van der Waals surface area contributed by atoms with Crippen molar-refractivity contribution in [2.75, 3.05) is 0 Å². The Balaban J connectivity index is 1.23. The van der Waals surface area contributed by atoms with Gasteiger partial charge in [-0.3, -0.25) is 4.79 Å². The number of aliphatic imine (C=N–C) groups is 1. The highest BCUT2D eigenvalue weighted by Crippen LogP contribution is 2.29. The first-order valence-corrected chi connectivity index (χ1v) is 11.4. The lowest BCUT2D eigenvalue weighted by Crippen LogP contribution is -2.19. The van der Waals surface area contributed by atoms with Gasteiger partial charge >= 0.3 is 0 Å². The van der Waals surface area contributed by atoms with E-state index in [1.54, 1.807) is 0 Å². The van der Waals surface area contributed by atoms with Gasteiger partial charge in [0.2, 0.25) is 0 Å². The fourth-order valence-electron chi connectivity index (χ4n) is 3.15. The van der Waals surface area contributed by atoms with E-state index in [1.807, 2.05) is 78.9 Å². The van der Waals surface area contributed by atoms with Gasteiger partial charge in [0.25, 0.3) is 5.91 Å². The van der Waals surface area contributed by atoms with Crippen LogP contribution in [0.4, 0.5) is 5.69 Å². The summed E-state index contributed by atoms with van der Waals surface area (Å²) in [4.78, 5) is 25.1. The second-order valence-electron chi connectivity index (χ2n) is 7.02. The molecule has 1 aliphatic rings. The first kappa shape index (κ1) is 20.5. The van der Waals surface area contributed by atoms with Crippen LogP contribution in [0.15, 0.2) is 87.2 Å². The minimum atomic E-state index is -0.156. The number of carbonyl (C=O) groups excluding carboxylic acids is 1. The topological polar surface area (TPSA) is 79.4 Å². The summed E-state index contributed by atoms with van der Waals surface area (Å²) in [6.45, 7) is 0.350. The maximum absolute atomic E-state index is 12.3. The Labute approximate surface area is 196 Å². The number of thioether (sulfide) groups is 1. The molecule has 3 aromatic carbocycles. The van der Waals surface area contributed by atoms with Crippen molar-refractivity contribution in [2.45, 2.75) is 6.61 Å². The number of amidine groups is 1. The van der Waals surface area contributed by atoms with Gasteiger partial charge in [-0.2, -0.15) is 0 Å². The number of aromatic nitrogens is 2. The second-order valence-corrected chi connectivity index (χ2v) is 8.96. The van der Waals surface area contributed by atoms with Crippen molar-refractivity contribution in [3.8, 4) is 5.75 Å². The minimum Gasteiger partial charge on any atom is -0.486 e. The third-order valence-corrected chi connectivity index (χ3v) is 6.14. The zero-order chi connectivity index (χ0) is 21.9. The molecule has 4 aromatic rings. The van der Waals surface area contributed by atoms with Crippen molar-refractivity contribution >= 4 is 61.6 Å². The number of nitrogens with zero attached hydrogens (tertiary/aromatic N) is 2. The molecule has 2 N–H and O–H groups in total. The number of ether oxygens (including phenoxy) is 1. The molecule has 8 heteroatoms. The second kappa shape index (κ2) is 9.02. The molecule has 1 fully saturated rings. The summed E-state index contributed by atoms with van der Waals surface area (Å²) in [7, 11) is 0. The van der Waals surface area contributed by atoms with Crippen LogP contribution in [0.25, 0.3) is 17.1 Å². The third-order valence-electron chi connectivity index (χ3n) is 4.70. The largest absolute Gasteiger partial charge is 0.486 e. The van der Waals surface area contributed by atoms with Crippen LogP contribution in [0.2, 0.25) is 0 Å². The van der Waals surface area contributed by atoms with E-state index in [0.717, 1.165) is 38.3 Å². The van der Waals surface area contributed by atoms with Gasteiger partial charge in [0.1, 0.15) is 18.2 Å². The maximum Gasteiger partial charge on any atom is 0.264 e. The van der Waals surface area contributed by atoms with Crippen LogP contribution in [0.3, 0.4) is 0 Å². The fourth-order valence-corrected chi connectivity index (χ4v) is 4.26. The molecule has 0 radical (unpaired) electrons. The Morgan fingerprint density at radius 1 is 1.03 bits per heavy atom. The normalized spacial score (nSPS) is 16.1. The Morgan fingerprint density at radius 2 is 1.81 bits per heavy atom. The molecule has 0 aliphatic carbocycles. The first-order valence-electron chi connectivity index (χ1n) is 9.84. The number of aromatic amines is 1. The Hall–Kier alpha value is -3.36. The number of rotatable bonds is 5. The van der Waals surface area contributed by atoms with E-state index in [0.29, 0.717) is 16.7 Å². The van der Waals surface area contributed by atoms with Gasteiger partial charge in [-0.25, -0.2) is 9.98 Å². The zero-order valence-electron chi connectivity index (χ0n) is 16.7. The molecular weight excluding hydrogens is 488 g/mol. The van der Waals surface area contributed by atoms with Crippen molar-refractivity contribution < 1.29 is 9.53 Å². The molecule has 1 saturated heterocycles. The number of halogens is 1. The van der Waals surface area contributed by atoms with E-state index in [4.69, 9.17) is 4.74 Å².